The topological polar surface area (TPSA) is 46.5 Å². The zero-order chi connectivity index (χ0) is 13.8. The van der Waals surface area contributed by atoms with Crippen LogP contribution in [0.2, 0.25) is 0 Å². The maximum Gasteiger partial charge on any atom is 0.307 e. The molecule has 0 amide bonds. The van der Waals surface area contributed by atoms with Crippen LogP contribution in [0.4, 0.5) is 0 Å². The number of carboxylic acid groups (broad SMARTS) is 1. The van der Waals surface area contributed by atoms with E-state index in [-0.39, 0.29) is 12.0 Å². The van der Waals surface area contributed by atoms with Gasteiger partial charge >= 0.3 is 5.97 Å². The first-order valence-corrected chi connectivity index (χ1v) is 6.37. The number of aliphatic carboxylic acids is 1. The van der Waals surface area contributed by atoms with Crippen molar-refractivity contribution in [3.8, 4) is 5.75 Å². The van der Waals surface area contributed by atoms with Crippen molar-refractivity contribution in [3.05, 3.63) is 29.8 Å². The Kier molecular flexibility index (Phi) is 4.76. The monoisotopic (exact) mass is 250 g/mol. The molecule has 0 bridgehead atoms. The summed E-state index contributed by atoms with van der Waals surface area (Å²) in [4.78, 5) is 10.8. The number of rotatable bonds is 6. The number of hydrogen-bond acceptors (Lipinski definition) is 2. The highest BCUT2D eigenvalue weighted by molar-refractivity contribution is 5.71. The van der Waals surface area contributed by atoms with E-state index in [2.05, 4.69) is 27.7 Å². The minimum absolute atomic E-state index is 0.00589. The summed E-state index contributed by atoms with van der Waals surface area (Å²) in [6, 6.07) is 7.36. The van der Waals surface area contributed by atoms with Crippen molar-refractivity contribution in [2.24, 2.45) is 5.92 Å². The molecule has 100 valence electrons. The second kappa shape index (κ2) is 5.89. The third-order valence-electron chi connectivity index (χ3n) is 3.58. The molecule has 3 nitrogen and oxygen atoms in total. The summed E-state index contributed by atoms with van der Waals surface area (Å²) in [5.74, 6) is 0.201. The normalized spacial score (nSPS) is 14.3. The van der Waals surface area contributed by atoms with Gasteiger partial charge in [-0.1, -0.05) is 39.0 Å². The number of para-hydroxylation sites is 1. The lowest BCUT2D eigenvalue weighted by Crippen LogP contribution is -2.37. The molecule has 1 atom stereocenters. The van der Waals surface area contributed by atoms with Crippen molar-refractivity contribution in [3.63, 3.8) is 0 Å². The highest BCUT2D eigenvalue weighted by atomic mass is 16.5. The highest BCUT2D eigenvalue weighted by Crippen LogP contribution is 2.30. The lowest BCUT2D eigenvalue weighted by molar-refractivity contribution is -0.136. The minimum Gasteiger partial charge on any atom is -0.487 e. The van der Waals surface area contributed by atoms with Crippen LogP contribution in [0, 0.1) is 5.92 Å². The molecule has 0 saturated heterocycles. The van der Waals surface area contributed by atoms with Crippen LogP contribution < -0.4 is 4.74 Å². The first-order chi connectivity index (χ1) is 8.39. The highest BCUT2D eigenvalue weighted by Gasteiger charge is 2.29. The second-order valence-electron chi connectivity index (χ2n) is 5.10. The van der Waals surface area contributed by atoms with Crippen LogP contribution in [0.15, 0.2) is 24.3 Å². The van der Waals surface area contributed by atoms with E-state index >= 15 is 0 Å². The quantitative estimate of drug-likeness (QED) is 0.840. The van der Waals surface area contributed by atoms with E-state index in [1.54, 1.807) is 6.07 Å². The number of benzene rings is 1. The van der Waals surface area contributed by atoms with Gasteiger partial charge in [0, 0.05) is 5.56 Å². The lowest BCUT2D eigenvalue weighted by atomic mass is 9.89. The Balaban J connectivity index is 2.99. The van der Waals surface area contributed by atoms with Crippen molar-refractivity contribution in [2.75, 3.05) is 0 Å². The van der Waals surface area contributed by atoms with Gasteiger partial charge in [0.25, 0.3) is 0 Å². The molecule has 1 rings (SSSR count). The van der Waals surface area contributed by atoms with E-state index < -0.39 is 5.97 Å². The number of ether oxygens (including phenoxy) is 1. The van der Waals surface area contributed by atoms with Crippen LogP contribution >= 0.6 is 0 Å². The minimum atomic E-state index is -0.839. The van der Waals surface area contributed by atoms with Crippen LogP contribution in [0.25, 0.3) is 0 Å². The molecule has 0 heterocycles. The first-order valence-electron chi connectivity index (χ1n) is 6.37. The first kappa shape index (κ1) is 14.6. The fourth-order valence-corrected chi connectivity index (χ4v) is 1.76. The summed E-state index contributed by atoms with van der Waals surface area (Å²) >= 11 is 0. The molecule has 0 aliphatic carbocycles. The molecule has 0 aromatic heterocycles. The number of carbonyl (C=O) groups is 1. The molecule has 0 spiro atoms. The average Bonchev–Trinajstić information content (AvgIpc) is 2.30. The summed E-state index contributed by atoms with van der Waals surface area (Å²) in [7, 11) is 0. The van der Waals surface area contributed by atoms with Crippen LogP contribution in [0.5, 0.6) is 5.75 Å². The van der Waals surface area contributed by atoms with Gasteiger partial charge < -0.3 is 9.84 Å². The maximum absolute atomic E-state index is 10.8. The van der Waals surface area contributed by atoms with Gasteiger partial charge in [-0.3, -0.25) is 4.79 Å². The standard InChI is InChI=1S/C15H22O3/c1-5-15(4,11(2)3)18-13-9-7-6-8-12(13)10-14(16)17/h6-9,11H,5,10H2,1-4H3,(H,16,17)/t15-/m0/s1. The predicted molar refractivity (Wildman–Crippen MR) is 71.9 cm³/mol. The van der Waals surface area contributed by atoms with Crippen LogP contribution in [-0.4, -0.2) is 16.7 Å². The molecule has 1 N–H and O–H groups in total. The Morgan fingerprint density at radius 3 is 2.50 bits per heavy atom. The maximum atomic E-state index is 10.8. The largest absolute Gasteiger partial charge is 0.487 e. The molecule has 1 aromatic rings. The van der Waals surface area contributed by atoms with Gasteiger partial charge in [0.05, 0.1) is 6.42 Å². The van der Waals surface area contributed by atoms with Crippen LogP contribution in [-0.2, 0) is 11.2 Å². The van der Waals surface area contributed by atoms with Crippen molar-refractivity contribution >= 4 is 5.97 Å². The van der Waals surface area contributed by atoms with Gasteiger partial charge in [0.15, 0.2) is 0 Å². The third kappa shape index (κ3) is 3.49. The van der Waals surface area contributed by atoms with Crippen LogP contribution in [0.3, 0.4) is 0 Å². The Bertz CT molecular complexity index is 412. The molecule has 0 saturated carbocycles. The molecule has 0 fully saturated rings. The Morgan fingerprint density at radius 1 is 1.39 bits per heavy atom. The lowest BCUT2D eigenvalue weighted by Gasteiger charge is -2.34. The van der Waals surface area contributed by atoms with E-state index in [0.29, 0.717) is 11.7 Å². The van der Waals surface area contributed by atoms with Gasteiger partial charge in [-0.15, -0.1) is 0 Å². The Hall–Kier alpha value is -1.51. The Morgan fingerprint density at radius 2 is 2.00 bits per heavy atom. The molecule has 18 heavy (non-hydrogen) atoms. The summed E-state index contributed by atoms with van der Waals surface area (Å²) in [6.45, 7) is 8.38. The fourth-order valence-electron chi connectivity index (χ4n) is 1.76. The second-order valence-corrected chi connectivity index (χ2v) is 5.10. The molecule has 0 unspecified atom stereocenters. The van der Waals surface area contributed by atoms with E-state index in [9.17, 15) is 4.79 Å². The zero-order valence-electron chi connectivity index (χ0n) is 11.6. The summed E-state index contributed by atoms with van der Waals surface area (Å²) in [5, 5.41) is 8.90. The van der Waals surface area contributed by atoms with E-state index in [0.717, 1.165) is 12.0 Å². The van der Waals surface area contributed by atoms with Gasteiger partial charge in [0.2, 0.25) is 0 Å². The fraction of sp³-hybridized carbons (Fsp3) is 0.533. The number of carboxylic acids is 1. The molecular weight excluding hydrogens is 228 g/mol. The molecule has 0 radical (unpaired) electrons. The van der Waals surface area contributed by atoms with Gasteiger partial charge in [-0.2, -0.15) is 0 Å². The van der Waals surface area contributed by atoms with E-state index in [1.165, 1.54) is 0 Å². The van der Waals surface area contributed by atoms with E-state index in [1.807, 2.05) is 18.2 Å². The SMILES string of the molecule is CC[C@](C)(Oc1ccccc1CC(=O)O)C(C)C. The predicted octanol–water partition coefficient (Wildman–Crippen LogP) is 3.52. The molecule has 0 aliphatic heterocycles. The summed E-state index contributed by atoms with van der Waals surface area (Å²) in [5.41, 5.74) is 0.458. The van der Waals surface area contributed by atoms with Crippen molar-refractivity contribution in [1.82, 2.24) is 0 Å². The zero-order valence-corrected chi connectivity index (χ0v) is 11.6. The number of hydrogen-bond donors (Lipinski definition) is 1. The van der Waals surface area contributed by atoms with Crippen molar-refractivity contribution in [1.29, 1.82) is 0 Å². The molecule has 0 aliphatic rings. The molecule has 1 aromatic carbocycles. The smallest absolute Gasteiger partial charge is 0.307 e. The summed E-state index contributed by atoms with van der Waals surface area (Å²) in [6.07, 6.45) is 0.875. The van der Waals surface area contributed by atoms with Gasteiger partial charge in [-0.05, 0) is 25.3 Å². The third-order valence-corrected chi connectivity index (χ3v) is 3.58. The molecule has 3 heteroatoms. The average molecular weight is 250 g/mol. The van der Waals surface area contributed by atoms with Crippen LogP contribution in [0.1, 0.15) is 39.7 Å². The van der Waals surface area contributed by atoms with Gasteiger partial charge in [-0.25, -0.2) is 0 Å². The van der Waals surface area contributed by atoms with Crippen molar-refractivity contribution in [2.45, 2.75) is 46.1 Å². The van der Waals surface area contributed by atoms with Gasteiger partial charge in [0.1, 0.15) is 11.4 Å². The van der Waals surface area contributed by atoms with Crippen molar-refractivity contribution < 1.29 is 14.6 Å². The Labute approximate surface area is 109 Å². The van der Waals surface area contributed by atoms with E-state index in [4.69, 9.17) is 9.84 Å². The molecular formula is C15H22O3. The summed E-state index contributed by atoms with van der Waals surface area (Å²) < 4.78 is 6.08.